The van der Waals surface area contributed by atoms with Gasteiger partial charge in [0, 0.05) is 188 Å². The number of aromatic nitrogens is 3. The number of morpholine rings is 1. The lowest BCUT2D eigenvalue weighted by Crippen LogP contribution is -2.68. The number of nitrogens with zero attached hydrogens (tertiary/aromatic N) is 12. The topological polar surface area (TPSA) is 204 Å². The predicted octanol–water partition coefficient (Wildman–Crippen LogP) is 16.3. The average molecular weight is 1840 g/mol. The molecule has 12 heterocycles. The fourth-order valence-electron chi connectivity index (χ4n) is 23.3. The van der Waals surface area contributed by atoms with Gasteiger partial charge in [0.2, 0.25) is 17.7 Å². The lowest BCUT2D eigenvalue weighted by atomic mass is 9.74. The molecule has 9 fully saturated rings. The first-order valence-corrected chi connectivity index (χ1v) is 50.1. The van der Waals surface area contributed by atoms with Gasteiger partial charge in [0.15, 0.2) is 0 Å². The second-order valence-corrected chi connectivity index (χ2v) is 38.8. The Morgan fingerprint density at radius 3 is 0.978 bits per heavy atom. The molecule has 11 aromatic rings. The molecule has 0 aliphatic carbocycles. The van der Waals surface area contributed by atoms with Gasteiger partial charge in [-0.15, -0.1) is 0 Å². The molecule has 9 aliphatic heterocycles. The molecule has 9 saturated heterocycles. The Morgan fingerprint density at radius 2 is 0.657 bits per heavy atom. The van der Waals surface area contributed by atoms with Crippen LogP contribution in [-0.4, -0.2) is 293 Å². The van der Waals surface area contributed by atoms with Crippen molar-refractivity contribution >= 4 is 23.6 Å². The minimum atomic E-state index is 0.0822. The van der Waals surface area contributed by atoms with Gasteiger partial charge in [0.05, 0.1) is 64.6 Å². The van der Waals surface area contributed by atoms with Gasteiger partial charge in [0.25, 0.3) is 5.91 Å². The van der Waals surface area contributed by atoms with E-state index in [0.717, 1.165) is 148 Å². The first-order chi connectivity index (χ1) is 67.1. The van der Waals surface area contributed by atoms with Crippen molar-refractivity contribution in [2.45, 2.75) is 164 Å². The fraction of sp³-hybridized carbons (Fsp3) is 0.422. The van der Waals surface area contributed by atoms with Crippen LogP contribution in [0.1, 0.15) is 141 Å². The zero-order valence-corrected chi connectivity index (χ0v) is 80.9. The highest BCUT2D eigenvalue weighted by atomic mass is 16.5. The second-order valence-electron chi connectivity index (χ2n) is 38.8. The number of ether oxygens (including phenoxy) is 3. The molecule has 0 bridgehead atoms. The van der Waals surface area contributed by atoms with E-state index in [1.807, 2.05) is 58.3 Å². The second kappa shape index (κ2) is 46.9. The van der Waals surface area contributed by atoms with Crippen LogP contribution in [0.15, 0.2) is 267 Å². The maximum Gasteiger partial charge on any atom is 0.255 e. The summed E-state index contributed by atoms with van der Waals surface area (Å²) in [5, 5.41) is 20.5. The Bertz CT molecular complexity index is 5740. The van der Waals surface area contributed by atoms with Crippen LogP contribution in [0, 0.1) is 27.7 Å². The molecule has 9 aliphatic rings. The van der Waals surface area contributed by atoms with Crippen LogP contribution in [0.25, 0.3) is 44.5 Å². The van der Waals surface area contributed by atoms with Gasteiger partial charge >= 0.3 is 0 Å². The summed E-state index contributed by atoms with van der Waals surface area (Å²) in [5.41, 5.74) is 22.6. The van der Waals surface area contributed by atoms with Gasteiger partial charge in [-0.2, -0.15) is 0 Å². The van der Waals surface area contributed by atoms with Crippen molar-refractivity contribution in [1.29, 1.82) is 0 Å². The standard InChI is InChI=1S/C30H35N3O2.2C29H33N3O2.C28H37N3O3/c1-22-9-3-4-11-26(22)23-12-14-24(15-13-23)30-27-20-32(29(34)19-25-10-5-6-16-31-25)17-7-8-18-33(27)28(30)21-35-2;1-21-8-3-4-10-25(21)22-11-13-23(14-12-22)28-26-19-31(29(33)24-9-7-15-30-18-24)16-5-6-17-32(26)27(28)20-34-2;1-21-8-2-3-10-25(21)22-11-13-23(14-12-22)29-26-19-31(16-6-7-17-32(26)27(29)20-33)28(34)18-24-9-4-5-15-30-24;1-21-6-2-3-7-24(21)22-8-10-23(11-9-22)28-25-18-30(12-4-5-13-31(25)26(28)20-32)27(33)19-29-14-16-34-17-15-29/h3-6,9-16,27-28,30H,7-8,17-21H2,1-2H3;3-4,7-15,18,26-28H,5-6,16-17,19-20H2,1-2H3;2-5,8-15,26-27,29,33H,6-7,16-20H2,1H3;2-3,6-11,25-26,28,32H,4-5,12-20H2,1H3/t27-,28+,30+;26-,27+,28+;26-,27+,29-;25-,26+,28+/m0000/s1. The van der Waals surface area contributed by atoms with E-state index in [0.29, 0.717) is 93.9 Å². The number of aliphatic hydroxyl groups excluding tert-OH is 2. The number of rotatable bonds is 21. The van der Waals surface area contributed by atoms with Gasteiger partial charge in [-0.1, -0.05) is 206 Å². The maximum absolute atomic E-state index is 13.3. The molecule has 0 spiro atoms. The number of fused-ring (bicyclic) bond motifs is 4. The molecule has 21 heteroatoms. The molecule has 21 nitrogen and oxygen atoms in total. The van der Waals surface area contributed by atoms with E-state index in [-0.39, 0.29) is 72.8 Å². The SMILES string of the molecule is COC[C@@H]1[C@H](c2ccc(-c3ccccc3C)cc2)[C@@H]2CN(C(=O)Cc3ccccn3)CCCCN12.COC[C@@H]1[C@H](c2ccc(-c3ccccc3C)cc2)[C@@H]2CN(C(=O)c3cccnc3)CCCCN12.Cc1ccccc1-c1ccc([C@@H]2[C@@H](CO)N3CCCCN(C(=O)Cc4ccccn4)C[C@@H]23)cc1.Cc1ccccc1-c1ccc([C@H]2[C@@H](CO)N3CCCCN(C(=O)CN4CCOCC4)C[C@@H]23)cc1. The fourth-order valence-corrected chi connectivity index (χ4v) is 23.3. The maximum atomic E-state index is 13.3. The molecular formula is C116H138N12O9. The van der Waals surface area contributed by atoms with Crippen molar-refractivity contribution in [2.24, 2.45) is 0 Å². The summed E-state index contributed by atoms with van der Waals surface area (Å²) < 4.78 is 16.7. The molecule has 0 unspecified atom stereocenters. The van der Waals surface area contributed by atoms with Gasteiger partial charge in [-0.05, 0) is 231 Å². The molecule has 137 heavy (non-hydrogen) atoms. The molecule has 12 atom stereocenters. The van der Waals surface area contributed by atoms with Crippen molar-refractivity contribution in [2.75, 3.05) is 152 Å². The van der Waals surface area contributed by atoms with Crippen molar-refractivity contribution in [1.82, 2.24) is 59.1 Å². The lowest BCUT2D eigenvalue weighted by molar-refractivity contribution is -0.138. The Kier molecular flexibility index (Phi) is 33.3. The van der Waals surface area contributed by atoms with Crippen LogP contribution in [0.5, 0.6) is 0 Å². The summed E-state index contributed by atoms with van der Waals surface area (Å²) in [4.78, 5) is 86.1. The number of amides is 4. The molecule has 8 aromatic carbocycles. The minimum Gasteiger partial charge on any atom is -0.395 e. The Hall–Kier alpha value is -11.3. The third-order valence-electron chi connectivity index (χ3n) is 30.6. The van der Waals surface area contributed by atoms with Crippen molar-refractivity contribution in [3.8, 4) is 44.5 Å². The third-order valence-corrected chi connectivity index (χ3v) is 30.6. The van der Waals surface area contributed by atoms with Crippen LogP contribution in [0.4, 0.5) is 0 Å². The number of benzene rings is 8. The lowest BCUT2D eigenvalue weighted by Gasteiger charge is -2.57. The normalized spacial score (nSPS) is 23.6. The number of pyridine rings is 3. The van der Waals surface area contributed by atoms with Crippen LogP contribution >= 0.6 is 0 Å². The van der Waals surface area contributed by atoms with Crippen molar-refractivity contribution < 1.29 is 43.6 Å². The van der Waals surface area contributed by atoms with Gasteiger partial charge < -0.3 is 44.0 Å². The highest BCUT2D eigenvalue weighted by Crippen LogP contribution is 2.48. The smallest absolute Gasteiger partial charge is 0.255 e. The summed E-state index contributed by atoms with van der Waals surface area (Å²) >= 11 is 0. The Balaban J connectivity index is 0.000000127. The number of hydrogen-bond donors (Lipinski definition) is 2. The molecule has 3 aromatic heterocycles. The van der Waals surface area contributed by atoms with Gasteiger partial charge in [-0.3, -0.25) is 58.6 Å². The number of aliphatic hydroxyl groups is 2. The quantitative estimate of drug-likeness (QED) is 0.0686. The first kappa shape index (κ1) is 97.3. The Morgan fingerprint density at radius 1 is 0.343 bits per heavy atom. The predicted molar refractivity (Wildman–Crippen MR) is 542 cm³/mol. The van der Waals surface area contributed by atoms with Crippen LogP contribution in [0.3, 0.4) is 0 Å². The molecule has 2 N–H and O–H groups in total. The largest absolute Gasteiger partial charge is 0.395 e. The minimum absolute atomic E-state index is 0.0822. The zero-order chi connectivity index (χ0) is 94.7. The van der Waals surface area contributed by atoms with E-state index in [4.69, 9.17) is 14.2 Å². The van der Waals surface area contributed by atoms with E-state index in [1.54, 1.807) is 39.0 Å². The van der Waals surface area contributed by atoms with Gasteiger partial charge in [0.1, 0.15) is 0 Å². The number of carbonyl (C=O) groups is 4. The first-order valence-electron chi connectivity index (χ1n) is 50.1. The molecule has 4 amide bonds. The van der Waals surface area contributed by atoms with Crippen LogP contribution < -0.4 is 0 Å². The highest BCUT2D eigenvalue weighted by Gasteiger charge is 2.54. The summed E-state index contributed by atoms with van der Waals surface area (Å²) in [5.74, 6) is 1.78. The Labute approximate surface area is 810 Å². The van der Waals surface area contributed by atoms with E-state index in [1.165, 1.54) is 89.0 Å². The molecule has 0 radical (unpaired) electrons. The molecule has 0 saturated carbocycles. The van der Waals surface area contributed by atoms with E-state index < -0.39 is 0 Å². The molecule has 716 valence electrons. The van der Waals surface area contributed by atoms with E-state index >= 15 is 0 Å². The monoisotopic (exact) mass is 1840 g/mol. The summed E-state index contributed by atoms with van der Waals surface area (Å²) in [7, 11) is 3.58. The molecular weight excluding hydrogens is 1710 g/mol. The van der Waals surface area contributed by atoms with Crippen molar-refractivity contribution in [3.05, 3.63) is 329 Å². The number of methoxy groups -OCH3 is 2. The zero-order valence-electron chi connectivity index (χ0n) is 80.9. The van der Waals surface area contributed by atoms with E-state index in [9.17, 15) is 29.4 Å². The third kappa shape index (κ3) is 22.8. The molecule has 20 rings (SSSR count). The highest BCUT2D eigenvalue weighted by molar-refractivity contribution is 5.94. The number of aryl methyl sites for hydroxylation is 4. The van der Waals surface area contributed by atoms with Crippen LogP contribution in [0.2, 0.25) is 0 Å². The van der Waals surface area contributed by atoms with Crippen molar-refractivity contribution in [3.63, 3.8) is 0 Å². The van der Waals surface area contributed by atoms with Crippen LogP contribution in [-0.2, 0) is 41.4 Å². The van der Waals surface area contributed by atoms with E-state index in [2.05, 4.69) is 271 Å². The number of hydrogen-bond acceptors (Lipinski definition) is 17. The number of carbonyl (C=O) groups excluding carboxylic acids is 4. The summed E-state index contributed by atoms with van der Waals surface area (Å²) in [6.45, 7) is 24.2. The summed E-state index contributed by atoms with van der Waals surface area (Å²) in [6, 6.07) is 86.9. The summed E-state index contributed by atoms with van der Waals surface area (Å²) in [6.07, 6.45) is 16.0. The van der Waals surface area contributed by atoms with Gasteiger partial charge in [-0.25, -0.2) is 0 Å². The average Bonchev–Trinajstić information content (AvgIpc) is 0.751.